The maximum absolute atomic E-state index is 11.9. The van der Waals surface area contributed by atoms with Gasteiger partial charge in [0, 0.05) is 13.2 Å². The number of carboxylic acids is 1. The van der Waals surface area contributed by atoms with Crippen molar-refractivity contribution in [2.45, 2.75) is 45.1 Å². The first kappa shape index (κ1) is 14.0. The maximum atomic E-state index is 11.9. The van der Waals surface area contributed by atoms with Crippen molar-refractivity contribution >= 4 is 11.9 Å². The fraction of sp³-hybridized carbons (Fsp3) is 0.833. The Kier molecular flexibility index (Phi) is 5.97. The second-order valence-corrected chi connectivity index (χ2v) is 4.24. The van der Waals surface area contributed by atoms with E-state index in [4.69, 9.17) is 9.84 Å². The van der Waals surface area contributed by atoms with Gasteiger partial charge in [0.1, 0.15) is 6.04 Å². The number of likely N-dealkylation sites (tertiary alicyclic amines) is 1. The monoisotopic (exact) mass is 243 g/mol. The summed E-state index contributed by atoms with van der Waals surface area (Å²) in [6.07, 6.45) is 3.61. The van der Waals surface area contributed by atoms with Gasteiger partial charge in [0.2, 0.25) is 5.91 Å². The zero-order chi connectivity index (χ0) is 12.7. The van der Waals surface area contributed by atoms with Crippen molar-refractivity contribution in [3.05, 3.63) is 0 Å². The second-order valence-electron chi connectivity index (χ2n) is 4.24. The summed E-state index contributed by atoms with van der Waals surface area (Å²) < 4.78 is 5.13. The van der Waals surface area contributed by atoms with E-state index in [0.29, 0.717) is 26.2 Å². The molecule has 1 aliphatic rings. The summed E-state index contributed by atoms with van der Waals surface area (Å²) in [5.74, 6) is -0.996. The molecule has 5 heteroatoms. The van der Waals surface area contributed by atoms with E-state index >= 15 is 0 Å². The van der Waals surface area contributed by atoms with Crippen LogP contribution in [0.2, 0.25) is 0 Å². The van der Waals surface area contributed by atoms with E-state index in [1.165, 1.54) is 4.90 Å². The molecule has 1 atom stereocenters. The number of carbonyl (C=O) groups is 2. The fourth-order valence-corrected chi connectivity index (χ4v) is 2.11. The highest BCUT2D eigenvalue weighted by molar-refractivity contribution is 5.83. The van der Waals surface area contributed by atoms with Crippen molar-refractivity contribution in [3.8, 4) is 0 Å². The van der Waals surface area contributed by atoms with Crippen molar-refractivity contribution in [2.75, 3.05) is 19.8 Å². The van der Waals surface area contributed by atoms with Crippen molar-refractivity contribution in [1.82, 2.24) is 4.90 Å². The van der Waals surface area contributed by atoms with Crippen LogP contribution in [0.4, 0.5) is 0 Å². The highest BCUT2D eigenvalue weighted by atomic mass is 16.5. The number of nitrogens with zero attached hydrogens (tertiary/aromatic N) is 1. The van der Waals surface area contributed by atoms with Crippen LogP contribution in [0.1, 0.15) is 39.0 Å². The molecule has 1 amide bonds. The van der Waals surface area contributed by atoms with E-state index in [-0.39, 0.29) is 12.3 Å². The van der Waals surface area contributed by atoms with E-state index < -0.39 is 12.0 Å². The van der Waals surface area contributed by atoms with E-state index in [2.05, 4.69) is 0 Å². The lowest BCUT2D eigenvalue weighted by atomic mass is 10.1. The lowest BCUT2D eigenvalue weighted by Crippen LogP contribution is -2.44. The molecule has 0 aromatic rings. The Morgan fingerprint density at radius 2 is 2.12 bits per heavy atom. The molecule has 0 spiro atoms. The van der Waals surface area contributed by atoms with Gasteiger partial charge in [0.15, 0.2) is 0 Å². The maximum Gasteiger partial charge on any atom is 0.326 e. The number of rotatable bonds is 5. The smallest absolute Gasteiger partial charge is 0.326 e. The van der Waals surface area contributed by atoms with Gasteiger partial charge in [-0.05, 0) is 19.8 Å². The number of carboxylic acid groups (broad SMARTS) is 1. The summed E-state index contributed by atoms with van der Waals surface area (Å²) in [7, 11) is 0. The molecular weight excluding hydrogens is 222 g/mol. The molecular formula is C12H21NO4. The average molecular weight is 243 g/mol. The van der Waals surface area contributed by atoms with Gasteiger partial charge in [0.25, 0.3) is 0 Å². The summed E-state index contributed by atoms with van der Waals surface area (Å²) >= 11 is 0. The molecule has 0 saturated carbocycles. The molecule has 1 fully saturated rings. The Morgan fingerprint density at radius 1 is 1.35 bits per heavy atom. The van der Waals surface area contributed by atoms with Crippen molar-refractivity contribution in [2.24, 2.45) is 0 Å². The average Bonchev–Trinajstić information content (AvgIpc) is 2.54. The molecule has 17 heavy (non-hydrogen) atoms. The summed E-state index contributed by atoms with van der Waals surface area (Å²) in [4.78, 5) is 24.6. The fourth-order valence-electron chi connectivity index (χ4n) is 2.11. The van der Waals surface area contributed by atoms with Gasteiger partial charge in [-0.3, -0.25) is 4.79 Å². The number of carbonyl (C=O) groups excluding carboxylic acids is 1. The van der Waals surface area contributed by atoms with Crippen molar-refractivity contribution in [3.63, 3.8) is 0 Å². The van der Waals surface area contributed by atoms with E-state index in [1.807, 2.05) is 6.92 Å². The molecule has 0 aromatic heterocycles. The molecule has 5 nitrogen and oxygen atoms in total. The highest BCUT2D eigenvalue weighted by Gasteiger charge is 2.30. The molecule has 0 aromatic carbocycles. The third-order valence-corrected chi connectivity index (χ3v) is 3.02. The Hall–Kier alpha value is -1.10. The van der Waals surface area contributed by atoms with Crippen LogP contribution in [0.5, 0.6) is 0 Å². The third kappa shape index (κ3) is 4.34. The Labute approximate surface area is 102 Å². The quantitative estimate of drug-likeness (QED) is 0.738. The normalized spacial score (nSPS) is 21.0. The Balaban J connectivity index is 2.55. The van der Waals surface area contributed by atoms with Crippen LogP contribution in [-0.4, -0.2) is 47.7 Å². The van der Waals surface area contributed by atoms with Crippen LogP contribution in [0.15, 0.2) is 0 Å². The first-order chi connectivity index (χ1) is 8.16. The third-order valence-electron chi connectivity index (χ3n) is 3.02. The minimum Gasteiger partial charge on any atom is -0.480 e. The first-order valence-electron chi connectivity index (χ1n) is 6.26. The topological polar surface area (TPSA) is 66.8 Å². The molecule has 1 aliphatic heterocycles. The molecule has 1 N–H and O–H groups in total. The van der Waals surface area contributed by atoms with Gasteiger partial charge < -0.3 is 14.7 Å². The van der Waals surface area contributed by atoms with Gasteiger partial charge in [-0.1, -0.05) is 12.8 Å². The molecule has 1 saturated heterocycles. The molecule has 98 valence electrons. The van der Waals surface area contributed by atoms with E-state index in [1.54, 1.807) is 0 Å². The van der Waals surface area contributed by atoms with Crippen molar-refractivity contribution in [1.29, 1.82) is 0 Å². The zero-order valence-electron chi connectivity index (χ0n) is 10.4. The van der Waals surface area contributed by atoms with Gasteiger partial charge in [-0.2, -0.15) is 0 Å². The number of aliphatic carboxylic acids is 1. The summed E-state index contributed by atoms with van der Waals surface area (Å²) in [6.45, 7) is 3.38. The van der Waals surface area contributed by atoms with Gasteiger partial charge >= 0.3 is 5.97 Å². The molecule has 1 unspecified atom stereocenters. The second kappa shape index (κ2) is 7.27. The van der Waals surface area contributed by atoms with Crippen LogP contribution >= 0.6 is 0 Å². The lowest BCUT2D eigenvalue weighted by molar-refractivity contribution is -0.150. The van der Waals surface area contributed by atoms with Crippen molar-refractivity contribution < 1.29 is 19.4 Å². The summed E-state index contributed by atoms with van der Waals surface area (Å²) in [5, 5.41) is 9.13. The van der Waals surface area contributed by atoms with Crippen LogP contribution in [0.25, 0.3) is 0 Å². The molecule has 0 bridgehead atoms. The largest absolute Gasteiger partial charge is 0.480 e. The predicted octanol–water partition coefficient (Wildman–Crippen LogP) is 1.27. The number of ether oxygens (including phenoxy) is 1. The standard InChI is InChI=1S/C12H21NO4/c1-2-17-9-7-11(14)13-8-5-3-4-6-10(13)12(15)16/h10H,2-9H2,1H3,(H,15,16). The van der Waals surface area contributed by atoms with Crippen LogP contribution in [0.3, 0.4) is 0 Å². The highest BCUT2D eigenvalue weighted by Crippen LogP contribution is 2.18. The van der Waals surface area contributed by atoms with Gasteiger partial charge in [-0.15, -0.1) is 0 Å². The summed E-state index contributed by atoms with van der Waals surface area (Å²) in [5.41, 5.74) is 0. The summed E-state index contributed by atoms with van der Waals surface area (Å²) in [6, 6.07) is -0.647. The van der Waals surface area contributed by atoms with Gasteiger partial charge in [0.05, 0.1) is 13.0 Å². The first-order valence-corrected chi connectivity index (χ1v) is 6.26. The minimum atomic E-state index is -0.892. The van der Waals surface area contributed by atoms with Gasteiger partial charge in [-0.25, -0.2) is 4.79 Å². The van der Waals surface area contributed by atoms with E-state index in [0.717, 1.165) is 19.3 Å². The lowest BCUT2D eigenvalue weighted by Gasteiger charge is -2.26. The molecule has 1 rings (SSSR count). The van der Waals surface area contributed by atoms with Crippen LogP contribution < -0.4 is 0 Å². The number of hydrogen-bond donors (Lipinski definition) is 1. The van der Waals surface area contributed by atoms with E-state index in [9.17, 15) is 9.59 Å². The number of hydrogen-bond acceptors (Lipinski definition) is 3. The molecule has 0 aliphatic carbocycles. The SMILES string of the molecule is CCOCCC(=O)N1CCCCCC1C(=O)O. The number of amides is 1. The molecule has 1 heterocycles. The zero-order valence-corrected chi connectivity index (χ0v) is 10.4. The molecule has 0 radical (unpaired) electrons. The Morgan fingerprint density at radius 3 is 2.76 bits per heavy atom. The van der Waals surface area contributed by atoms with Crippen LogP contribution in [0, 0.1) is 0 Å². The Bertz CT molecular complexity index is 267. The minimum absolute atomic E-state index is 0.104. The van der Waals surface area contributed by atoms with Crippen LogP contribution in [-0.2, 0) is 14.3 Å². The predicted molar refractivity (Wildman–Crippen MR) is 62.7 cm³/mol.